The summed E-state index contributed by atoms with van der Waals surface area (Å²) in [6.07, 6.45) is 3.22. The maximum Gasteiger partial charge on any atom is 0.294 e. The van der Waals surface area contributed by atoms with Crippen molar-refractivity contribution in [3.05, 3.63) is 115 Å². The van der Waals surface area contributed by atoms with Gasteiger partial charge in [0.1, 0.15) is 11.0 Å². The first-order valence-corrected chi connectivity index (χ1v) is 11.9. The highest BCUT2D eigenvalue weighted by atomic mass is 35.5. The third-order valence-electron chi connectivity index (χ3n) is 5.66. The summed E-state index contributed by atoms with van der Waals surface area (Å²) in [6, 6.07) is 19.8. The highest BCUT2D eigenvalue weighted by Crippen LogP contribution is 2.19. The zero-order valence-electron chi connectivity index (χ0n) is 19.5. The predicted octanol–water partition coefficient (Wildman–Crippen LogP) is 3.65. The summed E-state index contributed by atoms with van der Waals surface area (Å²) in [5, 5.41) is 10.6. The maximum absolute atomic E-state index is 11.9. The summed E-state index contributed by atoms with van der Waals surface area (Å²) in [5.41, 5.74) is 3.43. The molecule has 0 amide bonds. The molecule has 1 N–H and O–H groups in total. The second kappa shape index (κ2) is 10.4. The number of aryl methyl sites for hydroxylation is 1. The van der Waals surface area contributed by atoms with E-state index in [-0.39, 0.29) is 21.4 Å². The zero-order chi connectivity index (χ0) is 25.9. The van der Waals surface area contributed by atoms with Crippen molar-refractivity contribution in [2.75, 3.05) is 0 Å². The minimum atomic E-state index is -0.332. The van der Waals surface area contributed by atoms with Gasteiger partial charge in [-0.2, -0.15) is 10.2 Å². The lowest BCUT2D eigenvalue weighted by molar-refractivity contribution is 0.714. The highest BCUT2D eigenvalue weighted by molar-refractivity contribution is 6.33. The summed E-state index contributed by atoms with van der Waals surface area (Å²) in [4.78, 5) is 31.7. The number of halogens is 2. The van der Waals surface area contributed by atoms with Gasteiger partial charge in [0.2, 0.25) is 0 Å². The Morgan fingerprint density at radius 3 is 1.84 bits per heavy atom. The number of nitrogens with one attached hydrogen (secondary N) is 1. The van der Waals surface area contributed by atoms with Crippen molar-refractivity contribution in [1.29, 1.82) is 0 Å². The molecule has 0 unspecified atom stereocenters. The number of H-pyrrole nitrogens is 1. The van der Waals surface area contributed by atoms with E-state index in [9.17, 15) is 9.59 Å². The Kier molecular flexibility index (Phi) is 6.85. The van der Waals surface area contributed by atoms with E-state index < -0.39 is 0 Å². The number of rotatable bonds is 4. The fraction of sp³-hybridized carbons (Fsp3) is 0.120. The third kappa shape index (κ3) is 5.02. The summed E-state index contributed by atoms with van der Waals surface area (Å²) in [6.45, 7) is 1.20. The lowest BCUT2D eigenvalue weighted by atomic mass is 10.2. The summed E-state index contributed by atoms with van der Waals surface area (Å²) < 4.78 is 4.85. The lowest BCUT2D eigenvalue weighted by Gasteiger charge is -2.05. The highest BCUT2D eigenvalue weighted by Gasteiger charge is 2.14. The van der Waals surface area contributed by atoms with Gasteiger partial charge in [0.05, 0.1) is 12.7 Å². The van der Waals surface area contributed by atoms with E-state index in [0.717, 1.165) is 11.1 Å². The number of fused-ring (bicyclic) bond motifs is 2. The molecule has 37 heavy (non-hydrogen) atoms. The normalized spacial score (nSPS) is 11.0. The molecule has 6 aromatic rings. The Labute approximate surface area is 219 Å². The van der Waals surface area contributed by atoms with Crippen LogP contribution in [0.1, 0.15) is 11.1 Å². The largest absolute Gasteiger partial charge is 0.323 e. The molecule has 4 aromatic heterocycles. The Morgan fingerprint density at radius 2 is 1.27 bits per heavy atom. The van der Waals surface area contributed by atoms with Crippen molar-refractivity contribution in [3.63, 3.8) is 0 Å². The van der Waals surface area contributed by atoms with Crippen molar-refractivity contribution in [2.24, 2.45) is 7.05 Å². The Hall–Kier alpha value is -4.28. The van der Waals surface area contributed by atoms with Gasteiger partial charge in [0, 0.05) is 20.1 Å². The van der Waals surface area contributed by atoms with Crippen LogP contribution in [0.4, 0.5) is 0 Å². The average molecular weight is 535 g/mol. The molecule has 0 atom stereocenters. The van der Waals surface area contributed by atoms with E-state index >= 15 is 0 Å². The van der Waals surface area contributed by atoms with Crippen LogP contribution in [0.3, 0.4) is 0 Å². The molecule has 186 valence electrons. The van der Waals surface area contributed by atoms with E-state index in [1.165, 1.54) is 4.68 Å². The topological polar surface area (TPSA) is 116 Å². The molecule has 6 rings (SSSR count). The van der Waals surface area contributed by atoms with Crippen LogP contribution in [0.15, 0.2) is 82.9 Å². The van der Waals surface area contributed by atoms with Gasteiger partial charge in [0.25, 0.3) is 11.1 Å². The molecule has 0 saturated carbocycles. The molecule has 0 bridgehead atoms. The first-order valence-electron chi connectivity index (χ1n) is 11.2. The fourth-order valence-corrected chi connectivity index (χ4v) is 4.45. The minimum absolute atomic E-state index is 0.244. The zero-order valence-corrected chi connectivity index (χ0v) is 21.1. The fourth-order valence-electron chi connectivity index (χ4n) is 3.90. The van der Waals surface area contributed by atoms with Crippen LogP contribution in [-0.2, 0) is 20.1 Å². The molecule has 0 aliphatic carbocycles. The van der Waals surface area contributed by atoms with Crippen LogP contribution in [0.5, 0.6) is 0 Å². The van der Waals surface area contributed by atoms with Crippen molar-refractivity contribution < 1.29 is 0 Å². The molecule has 0 spiro atoms. The van der Waals surface area contributed by atoms with Crippen LogP contribution < -0.4 is 11.1 Å². The van der Waals surface area contributed by atoms with E-state index in [4.69, 9.17) is 23.2 Å². The molecular formula is C25H20Cl2N8O2. The first-order chi connectivity index (χ1) is 17.9. The maximum atomic E-state index is 11.9. The number of hydrogen-bond donors (Lipinski definition) is 1. The molecular weight excluding hydrogens is 515 g/mol. The summed E-state index contributed by atoms with van der Waals surface area (Å²) in [5.74, 6) is 0. The van der Waals surface area contributed by atoms with Crippen LogP contribution in [0, 0.1) is 0 Å². The predicted molar refractivity (Wildman–Crippen MR) is 142 cm³/mol. The molecule has 2 aromatic carbocycles. The number of nitrogens with zero attached hydrogens (tertiary/aromatic N) is 7. The molecule has 10 nitrogen and oxygen atoms in total. The van der Waals surface area contributed by atoms with E-state index in [1.54, 1.807) is 19.7 Å². The number of aromatic amines is 1. The Morgan fingerprint density at radius 1 is 0.757 bits per heavy atom. The standard InChI is InChI=1S/C13H11ClN4O.C12H9ClN4O/c1-17-13(19)10-11(12(14)16-17)18(8-15-10)7-9-5-3-2-4-6-9;13-11-10-9(12(18)16-15-11)14-7-17(10)6-8-4-2-1-3-5-8/h2-6,8H,7H2,1H3;1-5,7H,6H2,(H,16,18). The monoisotopic (exact) mass is 534 g/mol. The van der Waals surface area contributed by atoms with Crippen molar-refractivity contribution >= 4 is 45.3 Å². The van der Waals surface area contributed by atoms with Crippen LogP contribution >= 0.6 is 23.2 Å². The van der Waals surface area contributed by atoms with E-state index in [2.05, 4.69) is 25.3 Å². The van der Waals surface area contributed by atoms with Gasteiger partial charge < -0.3 is 9.13 Å². The molecule has 4 heterocycles. The number of imidazole rings is 2. The van der Waals surface area contributed by atoms with Crippen molar-refractivity contribution in [1.82, 2.24) is 39.1 Å². The third-order valence-corrected chi connectivity index (χ3v) is 6.18. The van der Waals surface area contributed by atoms with Crippen LogP contribution in [0.25, 0.3) is 22.1 Å². The molecule has 0 aliphatic heterocycles. The second-order valence-corrected chi connectivity index (χ2v) is 8.89. The molecule has 0 aliphatic rings. The summed E-state index contributed by atoms with van der Waals surface area (Å²) >= 11 is 12.1. The van der Waals surface area contributed by atoms with Crippen molar-refractivity contribution in [3.8, 4) is 0 Å². The molecule has 0 radical (unpaired) electrons. The van der Waals surface area contributed by atoms with Gasteiger partial charge >= 0.3 is 0 Å². The second-order valence-electron chi connectivity index (χ2n) is 8.17. The van der Waals surface area contributed by atoms with E-state index in [0.29, 0.717) is 35.2 Å². The first kappa shape index (κ1) is 24.4. The van der Waals surface area contributed by atoms with Crippen LogP contribution in [-0.4, -0.2) is 39.1 Å². The number of benzene rings is 2. The molecule has 12 heteroatoms. The number of aromatic nitrogens is 8. The van der Waals surface area contributed by atoms with Gasteiger partial charge in [-0.3, -0.25) is 9.59 Å². The average Bonchev–Trinajstić information content (AvgIpc) is 3.52. The Balaban J connectivity index is 0.000000152. The van der Waals surface area contributed by atoms with Gasteiger partial charge in [0.15, 0.2) is 21.3 Å². The smallest absolute Gasteiger partial charge is 0.294 e. The van der Waals surface area contributed by atoms with E-state index in [1.807, 2.05) is 69.8 Å². The number of hydrogen-bond acceptors (Lipinski definition) is 6. The van der Waals surface area contributed by atoms with Crippen molar-refractivity contribution in [2.45, 2.75) is 13.1 Å². The van der Waals surface area contributed by atoms with Gasteiger partial charge in [-0.1, -0.05) is 83.9 Å². The van der Waals surface area contributed by atoms with Gasteiger partial charge in [-0.15, -0.1) is 0 Å². The van der Waals surface area contributed by atoms with Gasteiger partial charge in [-0.25, -0.2) is 19.7 Å². The Bertz CT molecular complexity index is 1810. The lowest BCUT2D eigenvalue weighted by Crippen LogP contribution is -2.20. The SMILES string of the molecule is Cn1nc(Cl)c2c(ncn2Cc2ccccc2)c1=O.O=c1[nH]nc(Cl)c2c1ncn2Cc1ccccc1. The molecule has 0 saturated heterocycles. The van der Waals surface area contributed by atoms with Crippen LogP contribution in [0.2, 0.25) is 10.3 Å². The molecule has 0 fully saturated rings. The minimum Gasteiger partial charge on any atom is -0.323 e. The quantitative estimate of drug-likeness (QED) is 0.369. The van der Waals surface area contributed by atoms with Gasteiger partial charge in [-0.05, 0) is 11.1 Å². The summed E-state index contributed by atoms with van der Waals surface area (Å²) in [7, 11) is 1.56.